The number of benzene rings is 1. The molecule has 0 amide bonds. The van der Waals surface area contributed by atoms with Crippen LogP contribution in [0.2, 0.25) is 5.02 Å². The van der Waals surface area contributed by atoms with E-state index in [1.807, 2.05) is 53.2 Å². The third kappa shape index (κ3) is 3.62. The second kappa shape index (κ2) is 6.74. The van der Waals surface area contributed by atoms with E-state index in [2.05, 4.69) is 15.2 Å². The van der Waals surface area contributed by atoms with Gasteiger partial charge in [0.25, 0.3) is 0 Å². The monoisotopic (exact) mass is 316 g/mol. The van der Waals surface area contributed by atoms with Crippen molar-refractivity contribution in [3.63, 3.8) is 0 Å². The number of halogens is 1. The third-order valence-corrected chi connectivity index (χ3v) is 4.10. The average molecular weight is 317 g/mol. The molecule has 0 radical (unpaired) electrons. The molecule has 6 heteroatoms. The van der Waals surface area contributed by atoms with E-state index < -0.39 is 0 Å². The predicted molar refractivity (Wildman–Crippen MR) is 85.0 cm³/mol. The number of hydrogen-bond donors (Lipinski definition) is 0. The second-order valence-corrected chi connectivity index (χ2v) is 5.88. The van der Waals surface area contributed by atoms with Gasteiger partial charge in [0.2, 0.25) is 0 Å². The summed E-state index contributed by atoms with van der Waals surface area (Å²) >= 11 is 7.68. The highest BCUT2D eigenvalue weighted by atomic mass is 35.5. The number of nitrogens with zero attached hydrogens (tertiary/aromatic N) is 4. The molecule has 0 saturated carbocycles. The van der Waals surface area contributed by atoms with Crippen LogP contribution < -0.4 is 0 Å². The summed E-state index contributed by atoms with van der Waals surface area (Å²) in [5.74, 6) is 0.899. The highest BCUT2D eigenvalue weighted by Crippen LogP contribution is 2.22. The van der Waals surface area contributed by atoms with Crippen LogP contribution in [0.15, 0.2) is 60.1 Å². The molecule has 21 heavy (non-hydrogen) atoms. The van der Waals surface area contributed by atoms with Crippen molar-refractivity contribution < 1.29 is 0 Å². The quantitative estimate of drug-likeness (QED) is 0.674. The number of thioether (sulfide) groups is 1. The van der Waals surface area contributed by atoms with Crippen LogP contribution >= 0.6 is 23.4 Å². The van der Waals surface area contributed by atoms with Gasteiger partial charge in [-0.3, -0.25) is 9.55 Å². The van der Waals surface area contributed by atoms with Crippen LogP contribution in [0, 0.1) is 0 Å². The van der Waals surface area contributed by atoms with Gasteiger partial charge in [-0.2, -0.15) is 0 Å². The molecule has 0 saturated heterocycles. The lowest BCUT2D eigenvalue weighted by Crippen LogP contribution is -1.97. The van der Waals surface area contributed by atoms with E-state index in [1.165, 1.54) is 0 Å². The van der Waals surface area contributed by atoms with Crippen LogP contribution in [0.25, 0.3) is 5.69 Å². The van der Waals surface area contributed by atoms with Crippen LogP contribution in [0.3, 0.4) is 0 Å². The molecular weight excluding hydrogens is 304 g/mol. The van der Waals surface area contributed by atoms with Crippen molar-refractivity contribution in [1.29, 1.82) is 0 Å². The maximum Gasteiger partial charge on any atom is 0.195 e. The van der Waals surface area contributed by atoms with E-state index in [0.717, 1.165) is 28.7 Å². The summed E-state index contributed by atoms with van der Waals surface area (Å²) in [6.07, 6.45) is 4.41. The Kier molecular flexibility index (Phi) is 4.52. The fourth-order valence-corrected chi connectivity index (χ4v) is 2.99. The van der Waals surface area contributed by atoms with Crippen molar-refractivity contribution in [3.8, 4) is 5.69 Å². The molecule has 0 aliphatic rings. The van der Waals surface area contributed by atoms with Gasteiger partial charge in [0.05, 0.1) is 5.69 Å². The van der Waals surface area contributed by atoms with Crippen LogP contribution in [0.5, 0.6) is 0 Å². The highest BCUT2D eigenvalue weighted by molar-refractivity contribution is 7.99. The molecule has 3 aromatic rings. The molecule has 4 nitrogen and oxygen atoms in total. The molecule has 0 aliphatic carbocycles. The van der Waals surface area contributed by atoms with E-state index in [0.29, 0.717) is 5.02 Å². The van der Waals surface area contributed by atoms with Crippen molar-refractivity contribution in [1.82, 2.24) is 19.7 Å². The maximum atomic E-state index is 6.03. The molecular formula is C15H13ClN4S. The lowest BCUT2D eigenvalue weighted by molar-refractivity contribution is 0.881. The molecule has 0 atom stereocenters. The van der Waals surface area contributed by atoms with Crippen LogP contribution in [0.1, 0.15) is 5.69 Å². The molecule has 1 aromatic carbocycles. The van der Waals surface area contributed by atoms with Gasteiger partial charge in [-0.1, -0.05) is 35.5 Å². The minimum absolute atomic E-state index is 0.700. The van der Waals surface area contributed by atoms with E-state index in [-0.39, 0.29) is 0 Å². The molecule has 0 spiro atoms. The number of rotatable bonds is 5. The standard InChI is InChI=1S/C15H13ClN4S/c16-12-4-3-6-14(10-12)20-11-18-19-15(20)21-9-7-13-5-1-2-8-17-13/h1-6,8,10-11H,7,9H2. The van der Waals surface area contributed by atoms with Gasteiger partial charge >= 0.3 is 0 Å². The smallest absolute Gasteiger partial charge is 0.195 e. The Morgan fingerprint density at radius 1 is 1.14 bits per heavy atom. The second-order valence-electron chi connectivity index (χ2n) is 4.38. The van der Waals surface area contributed by atoms with E-state index >= 15 is 0 Å². The first kappa shape index (κ1) is 14.1. The summed E-state index contributed by atoms with van der Waals surface area (Å²) in [5.41, 5.74) is 2.05. The van der Waals surface area contributed by atoms with E-state index in [4.69, 9.17) is 11.6 Å². The van der Waals surface area contributed by atoms with Gasteiger partial charge in [0.15, 0.2) is 5.16 Å². The minimum atomic E-state index is 0.700. The average Bonchev–Trinajstić information content (AvgIpc) is 2.97. The number of aromatic nitrogens is 4. The first-order chi connectivity index (χ1) is 10.3. The Bertz CT molecular complexity index is 714. The zero-order chi connectivity index (χ0) is 14.5. The summed E-state index contributed by atoms with van der Waals surface area (Å²) < 4.78 is 1.94. The summed E-state index contributed by atoms with van der Waals surface area (Å²) in [4.78, 5) is 4.32. The Labute approximate surface area is 132 Å². The summed E-state index contributed by atoms with van der Waals surface area (Å²) in [6.45, 7) is 0. The van der Waals surface area contributed by atoms with Crippen molar-refractivity contribution in [2.24, 2.45) is 0 Å². The largest absolute Gasteiger partial charge is 0.277 e. The van der Waals surface area contributed by atoms with Crippen LogP contribution in [0.4, 0.5) is 0 Å². The fourth-order valence-electron chi connectivity index (χ4n) is 1.92. The molecule has 2 heterocycles. The van der Waals surface area contributed by atoms with Crippen molar-refractivity contribution in [2.75, 3.05) is 5.75 Å². The fraction of sp³-hybridized carbons (Fsp3) is 0.133. The van der Waals surface area contributed by atoms with Gasteiger partial charge in [0, 0.05) is 22.7 Å². The summed E-state index contributed by atoms with van der Waals surface area (Å²) in [6, 6.07) is 13.6. The van der Waals surface area contributed by atoms with Gasteiger partial charge < -0.3 is 0 Å². The Morgan fingerprint density at radius 3 is 2.90 bits per heavy atom. The Hall–Kier alpha value is -1.85. The lowest BCUT2D eigenvalue weighted by Gasteiger charge is -2.06. The summed E-state index contributed by atoms with van der Waals surface area (Å²) in [5, 5.41) is 9.71. The van der Waals surface area contributed by atoms with Gasteiger partial charge in [0.1, 0.15) is 6.33 Å². The number of aryl methyl sites for hydroxylation is 1. The molecule has 0 aliphatic heterocycles. The Morgan fingerprint density at radius 2 is 2.10 bits per heavy atom. The van der Waals surface area contributed by atoms with Gasteiger partial charge in [-0.25, -0.2) is 0 Å². The SMILES string of the molecule is Clc1cccc(-n2cnnc2SCCc2ccccn2)c1. The molecule has 0 N–H and O–H groups in total. The molecule has 0 bridgehead atoms. The first-order valence-electron chi connectivity index (χ1n) is 6.51. The molecule has 3 rings (SSSR count). The van der Waals surface area contributed by atoms with Crippen LogP contribution in [-0.4, -0.2) is 25.5 Å². The number of pyridine rings is 1. The lowest BCUT2D eigenvalue weighted by atomic mass is 10.3. The Balaban J connectivity index is 1.69. The van der Waals surface area contributed by atoms with Crippen molar-refractivity contribution in [3.05, 3.63) is 65.7 Å². The highest BCUT2D eigenvalue weighted by Gasteiger charge is 2.07. The molecule has 0 unspecified atom stereocenters. The maximum absolute atomic E-state index is 6.03. The molecule has 106 valence electrons. The summed E-state index contributed by atoms with van der Waals surface area (Å²) in [7, 11) is 0. The zero-order valence-corrected chi connectivity index (χ0v) is 12.8. The molecule has 2 aromatic heterocycles. The van der Waals surface area contributed by atoms with E-state index in [9.17, 15) is 0 Å². The first-order valence-corrected chi connectivity index (χ1v) is 7.88. The van der Waals surface area contributed by atoms with Crippen LogP contribution in [-0.2, 0) is 6.42 Å². The third-order valence-electron chi connectivity index (χ3n) is 2.92. The minimum Gasteiger partial charge on any atom is -0.277 e. The van der Waals surface area contributed by atoms with Gasteiger partial charge in [-0.15, -0.1) is 10.2 Å². The zero-order valence-electron chi connectivity index (χ0n) is 11.2. The molecule has 0 fully saturated rings. The van der Waals surface area contributed by atoms with Crippen molar-refractivity contribution in [2.45, 2.75) is 11.6 Å². The normalized spacial score (nSPS) is 10.7. The van der Waals surface area contributed by atoms with E-state index in [1.54, 1.807) is 18.1 Å². The topological polar surface area (TPSA) is 43.6 Å². The van der Waals surface area contributed by atoms with Gasteiger partial charge in [-0.05, 0) is 36.8 Å². The number of hydrogen-bond acceptors (Lipinski definition) is 4. The predicted octanol–water partition coefficient (Wildman–Crippen LogP) is 3.65. The van der Waals surface area contributed by atoms with Crippen molar-refractivity contribution >= 4 is 23.4 Å².